The Morgan fingerprint density at radius 3 is 2.59 bits per heavy atom. The molecule has 0 spiro atoms. The van der Waals surface area contributed by atoms with Crippen molar-refractivity contribution in [1.29, 1.82) is 5.26 Å². The standard InChI is InChI=1S/C20H25N5OS/c1-13-9-15(12-25-7-5-24(3)6-8-25)14(2)16(10-13)18-17(11-21)19(26)23-20(22-18)27-4/h9-10H,5-8,12H2,1-4H3,(H,22,23,26). The van der Waals surface area contributed by atoms with Gasteiger partial charge in [0.1, 0.15) is 11.6 Å². The Labute approximate surface area is 164 Å². The van der Waals surface area contributed by atoms with E-state index in [1.54, 1.807) is 0 Å². The fourth-order valence-electron chi connectivity index (χ4n) is 3.44. The molecular formula is C20H25N5OS. The summed E-state index contributed by atoms with van der Waals surface area (Å²) in [6, 6.07) is 6.26. The predicted octanol–water partition coefficient (Wildman–Crippen LogP) is 2.39. The number of nitrogens with one attached hydrogen (secondary N) is 1. The van der Waals surface area contributed by atoms with Gasteiger partial charge in [0.05, 0.1) is 5.69 Å². The molecule has 0 aliphatic carbocycles. The van der Waals surface area contributed by atoms with Crippen molar-refractivity contribution < 1.29 is 0 Å². The van der Waals surface area contributed by atoms with E-state index in [1.807, 2.05) is 25.3 Å². The van der Waals surface area contributed by atoms with E-state index >= 15 is 0 Å². The molecule has 1 aliphatic rings. The van der Waals surface area contributed by atoms with Crippen LogP contribution < -0.4 is 5.56 Å². The van der Waals surface area contributed by atoms with Crippen LogP contribution in [0.5, 0.6) is 0 Å². The molecule has 1 saturated heterocycles. The third kappa shape index (κ3) is 4.24. The highest BCUT2D eigenvalue weighted by atomic mass is 32.2. The first-order chi connectivity index (χ1) is 12.9. The van der Waals surface area contributed by atoms with Crippen molar-refractivity contribution in [1.82, 2.24) is 19.8 Å². The lowest BCUT2D eigenvalue weighted by atomic mass is 9.95. The van der Waals surface area contributed by atoms with Gasteiger partial charge in [0.15, 0.2) is 5.16 Å². The number of hydrogen-bond donors (Lipinski definition) is 1. The lowest BCUT2D eigenvalue weighted by molar-refractivity contribution is 0.148. The van der Waals surface area contributed by atoms with Gasteiger partial charge in [0, 0.05) is 38.3 Å². The highest BCUT2D eigenvalue weighted by Crippen LogP contribution is 2.29. The molecule has 6 nitrogen and oxygen atoms in total. The molecule has 0 bridgehead atoms. The third-order valence-electron chi connectivity index (χ3n) is 5.11. The molecule has 0 unspecified atom stereocenters. The Balaban J connectivity index is 2.05. The molecule has 0 amide bonds. The summed E-state index contributed by atoms with van der Waals surface area (Å²) >= 11 is 1.36. The molecular weight excluding hydrogens is 358 g/mol. The summed E-state index contributed by atoms with van der Waals surface area (Å²) in [5, 5.41) is 10.0. The number of hydrogen-bond acceptors (Lipinski definition) is 6. The van der Waals surface area contributed by atoms with Crippen molar-refractivity contribution in [2.24, 2.45) is 0 Å². The summed E-state index contributed by atoms with van der Waals surface area (Å²) in [5.74, 6) is 0. The van der Waals surface area contributed by atoms with Crippen LogP contribution in [-0.4, -0.2) is 59.3 Å². The Bertz CT molecular complexity index is 939. The number of aromatic nitrogens is 2. The van der Waals surface area contributed by atoms with Gasteiger partial charge in [-0.1, -0.05) is 23.4 Å². The van der Waals surface area contributed by atoms with Crippen LogP contribution in [0.4, 0.5) is 0 Å². The number of aromatic amines is 1. The van der Waals surface area contributed by atoms with Crippen molar-refractivity contribution in [3.05, 3.63) is 44.7 Å². The number of thioether (sulfide) groups is 1. The van der Waals surface area contributed by atoms with Gasteiger partial charge in [0.25, 0.3) is 5.56 Å². The number of nitriles is 1. The van der Waals surface area contributed by atoms with Crippen LogP contribution in [0.1, 0.15) is 22.3 Å². The molecule has 27 heavy (non-hydrogen) atoms. The van der Waals surface area contributed by atoms with Gasteiger partial charge in [-0.3, -0.25) is 9.69 Å². The Kier molecular flexibility index (Phi) is 6.00. The minimum atomic E-state index is -0.381. The molecule has 0 saturated carbocycles. The molecule has 1 fully saturated rings. The zero-order valence-corrected chi connectivity index (χ0v) is 17.1. The maximum Gasteiger partial charge on any atom is 0.270 e. The summed E-state index contributed by atoms with van der Waals surface area (Å²) in [6.07, 6.45) is 1.86. The number of aryl methyl sites for hydroxylation is 1. The first kappa shape index (κ1) is 19.6. The van der Waals surface area contributed by atoms with E-state index in [9.17, 15) is 10.1 Å². The second-order valence-electron chi connectivity index (χ2n) is 7.09. The van der Waals surface area contributed by atoms with Crippen molar-refractivity contribution in [2.45, 2.75) is 25.5 Å². The average Bonchev–Trinajstić information content (AvgIpc) is 2.65. The van der Waals surface area contributed by atoms with Gasteiger partial charge in [-0.2, -0.15) is 5.26 Å². The van der Waals surface area contributed by atoms with Crippen LogP contribution in [0.15, 0.2) is 22.1 Å². The van der Waals surface area contributed by atoms with Crippen LogP contribution in [-0.2, 0) is 6.54 Å². The van der Waals surface area contributed by atoms with Gasteiger partial charge in [0.2, 0.25) is 0 Å². The largest absolute Gasteiger partial charge is 0.304 e. The summed E-state index contributed by atoms with van der Waals surface area (Å²) < 4.78 is 0. The van der Waals surface area contributed by atoms with Gasteiger partial charge < -0.3 is 9.88 Å². The van der Waals surface area contributed by atoms with E-state index in [0.29, 0.717) is 10.9 Å². The third-order valence-corrected chi connectivity index (χ3v) is 5.69. The predicted molar refractivity (Wildman–Crippen MR) is 109 cm³/mol. The normalized spacial score (nSPS) is 15.7. The first-order valence-corrected chi connectivity index (χ1v) is 10.2. The highest BCUT2D eigenvalue weighted by molar-refractivity contribution is 7.98. The topological polar surface area (TPSA) is 76.0 Å². The first-order valence-electron chi connectivity index (χ1n) is 9.02. The molecule has 2 heterocycles. The van der Waals surface area contributed by atoms with E-state index in [-0.39, 0.29) is 11.1 Å². The number of H-pyrrole nitrogens is 1. The molecule has 142 valence electrons. The second kappa shape index (κ2) is 8.26. The minimum absolute atomic E-state index is 0.0760. The van der Waals surface area contributed by atoms with Crippen LogP contribution >= 0.6 is 11.8 Å². The van der Waals surface area contributed by atoms with E-state index in [1.165, 1.54) is 17.3 Å². The summed E-state index contributed by atoms with van der Waals surface area (Å²) in [6.45, 7) is 9.21. The van der Waals surface area contributed by atoms with E-state index < -0.39 is 0 Å². The second-order valence-corrected chi connectivity index (χ2v) is 7.88. The van der Waals surface area contributed by atoms with Crippen molar-refractivity contribution in [3.63, 3.8) is 0 Å². The summed E-state index contributed by atoms with van der Waals surface area (Å²) in [7, 11) is 2.15. The lowest BCUT2D eigenvalue weighted by Crippen LogP contribution is -2.44. The summed E-state index contributed by atoms with van der Waals surface area (Å²) in [5.41, 5.74) is 4.47. The molecule has 2 aromatic rings. The van der Waals surface area contributed by atoms with Crippen LogP contribution in [0.3, 0.4) is 0 Å². The zero-order valence-electron chi connectivity index (χ0n) is 16.3. The van der Waals surface area contributed by atoms with Gasteiger partial charge in [-0.15, -0.1) is 0 Å². The average molecular weight is 384 g/mol. The zero-order chi connectivity index (χ0) is 19.6. The lowest BCUT2D eigenvalue weighted by Gasteiger charge is -2.33. The quantitative estimate of drug-likeness (QED) is 0.645. The maximum absolute atomic E-state index is 12.3. The Hall–Kier alpha value is -2.14. The molecule has 0 radical (unpaired) electrons. The molecule has 1 aliphatic heterocycles. The van der Waals surface area contributed by atoms with Gasteiger partial charge >= 0.3 is 0 Å². The summed E-state index contributed by atoms with van der Waals surface area (Å²) in [4.78, 5) is 24.3. The number of piperazine rings is 1. The van der Waals surface area contributed by atoms with Crippen molar-refractivity contribution in [2.75, 3.05) is 39.5 Å². The molecule has 1 aromatic carbocycles. The molecule has 1 N–H and O–H groups in total. The Morgan fingerprint density at radius 1 is 1.26 bits per heavy atom. The van der Waals surface area contributed by atoms with Gasteiger partial charge in [-0.25, -0.2) is 4.98 Å². The minimum Gasteiger partial charge on any atom is -0.304 e. The van der Waals surface area contributed by atoms with Gasteiger partial charge in [-0.05, 0) is 44.3 Å². The van der Waals surface area contributed by atoms with Crippen molar-refractivity contribution in [3.8, 4) is 17.3 Å². The van der Waals surface area contributed by atoms with E-state index in [4.69, 9.17) is 0 Å². The van der Waals surface area contributed by atoms with Crippen LogP contribution in [0.25, 0.3) is 11.3 Å². The number of nitrogens with zero attached hydrogens (tertiary/aromatic N) is 4. The molecule has 7 heteroatoms. The molecule has 0 atom stereocenters. The smallest absolute Gasteiger partial charge is 0.270 e. The van der Waals surface area contributed by atoms with Crippen LogP contribution in [0.2, 0.25) is 0 Å². The molecule has 1 aromatic heterocycles. The SMILES string of the molecule is CSc1nc(-c2cc(C)cc(CN3CCN(C)CC3)c2C)c(C#N)c(=O)[nH]1. The Morgan fingerprint density at radius 2 is 1.96 bits per heavy atom. The van der Waals surface area contributed by atoms with E-state index in [0.717, 1.165) is 49.4 Å². The maximum atomic E-state index is 12.3. The van der Waals surface area contributed by atoms with Crippen molar-refractivity contribution >= 4 is 11.8 Å². The number of benzene rings is 1. The monoisotopic (exact) mass is 383 g/mol. The fraction of sp³-hybridized carbons (Fsp3) is 0.450. The molecule has 3 rings (SSSR count). The van der Waals surface area contributed by atoms with Crippen LogP contribution in [0, 0.1) is 25.2 Å². The number of likely N-dealkylation sites (N-methyl/N-ethyl adjacent to an activating group) is 1. The highest BCUT2D eigenvalue weighted by Gasteiger charge is 2.19. The fourth-order valence-corrected chi connectivity index (χ4v) is 3.82. The van der Waals surface area contributed by atoms with E-state index in [2.05, 4.69) is 39.8 Å². The number of rotatable bonds is 4.